The predicted molar refractivity (Wildman–Crippen MR) is 113 cm³/mol. The van der Waals surface area contributed by atoms with Crippen LogP contribution >= 0.6 is 0 Å². The second-order valence-electron chi connectivity index (χ2n) is 10.00. The molecule has 1 N–H and O–H groups in total. The van der Waals surface area contributed by atoms with Gasteiger partial charge in [0.1, 0.15) is 0 Å². The molecule has 7 nitrogen and oxygen atoms in total. The van der Waals surface area contributed by atoms with Crippen molar-refractivity contribution < 1.29 is 33.6 Å². The van der Waals surface area contributed by atoms with E-state index < -0.39 is 46.4 Å². The molecule has 0 aliphatic carbocycles. The summed E-state index contributed by atoms with van der Waals surface area (Å²) in [5, 5.41) is 10.4. The molecular formula is C24H34O7. The molecule has 0 aromatic heterocycles. The number of ether oxygens (including phenoxy) is 4. The lowest BCUT2D eigenvalue weighted by Gasteiger charge is -2.45. The number of hydrogen-bond donors (Lipinski definition) is 1. The van der Waals surface area contributed by atoms with Crippen LogP contribution in [0.4, 0.5) is 0 Å². The third-order valence-corrected chi connectivity index (χ3v) is 6.93. The van der Waals surface area contributed by atoms with E-state index in [2.05, 4.69) is 0 Å². The number of ketones is 1. The first-order valence-electron chi connectivity index (χ1n) is 10.8. The van der Waals surface area contributed by atoms with Crippen molar-refractivity contribution in [2.45, 2.75) is 72.2 Å². The monoisotopic (exact) mass is 434 g/mol. The Bertz CT molecular complexity index is 806. The first-order valence-corrected chi connectivity index (χ1v) is 10.8. The number of carbonyl (C=O) groups excluding carboxylic acids is 2. The van der Waals surface area contributed by atoms with E-state index in [0.717, 1.165) is 5.56 Å². The summed E-state index contributed by atoms with van der Waals surface area (Å²) >= 11 is 0. The zero-order chi connectivity index (χ0) is 23.1. The molecule has 1 aromatic rings. The Kier molecular flexibility index (Phi) is 6.37. The second-order valence-corrected chi connectivity index (χ2v) is 10.00. The van der Waals surface area contributed by atoms with Gasteiger partial charge in [0.2, 0.25) is 5.79 Å². The van der Waals surface area contributed by atoms with Gasteiger partial charge in [-0.1, -0.05) is 58.0 Å². The molecule has 2 heterocycles. The van der Waals surface area contributed by atoms with E-state index >= 15 is 0 Å². The lowest BCUT2D eigenvalue weighted by atomic mass is 9.60. The van der Waals surface area contributed by atoms with Crippen LogP contribution in [-0.4, -0.2) is 42.1 Å². The molecule has 2 aliphatic heterocycles. The summed E-state index contributed by atoms with van der Waals surface area (Å²) in [5.41, 5.74) is -0.568. The van der Waals surface area contributed by atoms with Crippen molar-refractivity contribution in [1.82, 2.24) is 0 Å². The van der Waals surface area contributed by atoms with Gasteiger partial charge in [-0.3, -0.25) is 9.59 Å². The number of carbonyl (C=O) groups is 2. The first-order chi connectivity index (χ1) is 14.3. The number of hydrogen-bond acceptors (Lipinski definition) is 7. The van der Waals surface area contributed by atoms with Crippen LogP contribution in [0.2, 0.25) is 0 Å². The summed E-state index contributed by atoms with van der Waals surface area (Å²) in [6, 6.07) is 9.77. The van der Waals surface area contributed by atoms with Crippen molar-refractivity contribution in [2.24, 2.45) is 16.7 Å². The Balaban J connectivity index is 1.78. The lowest BCUT2D eigenvalue weighted by Crippen LogP contribution is -2.56. The highest BCUT2D eigenvalue weighted by Crippen LogP contribution is 2.49. The topological polar surface area (TPSA) is 91.3 Å². The highest BCUT2D eigenvalue weighted by molar-refractivity contribution is 6.02. The Morgan fingerprint density at radius 2 is 1.68 bits per heavy atom. The van der Waals surface area contributed by atoms with Crippen LogP contribution in [0.1, 0.15) is 59.9 Å². The molecule has 0 spiro atoms. The molecule has 1 aromatic carbocycles. The molecule has 2 atom stereocenters. The number of esters is 1. The van der Waals surface area contributed by atoms with Crippen LogP contribution in [0.15, 0.2) is 30.3 Å². The van der Waals surface area contributed by atoms with Gasteiger partial charge in [0.15, 0.2) is 23.8 Å². The molecule has 2 fully saturated rings. The minimum atomic E-state index is -1.55. The fourth-order valence-electron chi connectivity index (χ4n) is 4.16. The van der Waals surface area contributed by atoms with Gasteiger partial charge in [-0.25, -0.2) is 0 Å². The first kappa shape index (κ1) is 23.9. The van der Waals surface area contributed by atoms with Crippen LogP contribution in [-0.2, 0) is 34.3 Å². The summed E-state index contributed by atoms with van der Waals surface area (Å²) in [7, 11) is 0. The van der Waals surface area contributed by atoms with Crippen LogP contribution in [0.25, 0.3) is 0 Å². The quantitative estimate of drug-likeness (QED) is 0.518. The van der Waals surface area contributed by atoms with E-state index in [4.69, 9.17) is 18.9 Å². The smallest absolute Gasteiger partial charge is 0.324 e. The molecule has 2 aliphatic rings. The Morgan fingerprint density at radius 3 is 2.23 bits per heavy atom. The molecule has 2 saturated heterocycles. The average molecular weight is 435 g/mol. The average Bonchev–Trinajstić information content (AvgIpc) is 3.15. The maximum absolute atomic E-state index is 13.4. The zero-order valence-electron chi connectivity index (χ0n) is 19.3. The van der Waals surface area contributed by atoms with E-state index in [1.165, 1.54) is 13.8 Å². The summed E-state index contributed by atoms with van der Waals surface area (Å²) in [4.78, 5) is 26.0. The number of aliphatic hydroxyl groups is 1. The fourth-order valence-corrected chi connectivity index (χ4v) is 4.16. The number of Topliss-reactive ketones (excluding diaryl/α,β-unsaturated/α-hetero) is 1. The molecule has 0 bridgehead atoms. The van der Waals surface area contributed by atoms with Gasteiger partial charge < -0.3 is 24.1 Å². The molecule has 3 rings (SSSR count). The van der Waals surface area contributed by atoms with Crippen LogP contribution in [0, 0.1) is 16.7 Å². The minimum Gasteiger partial charge on any atom is -0.433 e. The number of aliphatic hydroxyl groups excluding tert-OH is 1. The highest BCUT2D eigenvalue weighted by atomic mass is 16.8. The third-order valence-electron chi connectivity index (χ3n) is 6.93. The van der Waals surface area contributed by atoms with E-state index in [1.54, 1.807) is 13.8 Å². The van der Waals surface area contributed by atoms with Gasteiger partial charge >= 0.3 is 5.97 Å². The van der Waals surface area contributed by atoms with Crippen LogP contribution in [0.5, 0.6) is 0 Å². The van der Waals surface area contributed by atoms with Crippen molar-refractivity contribution >= 4 is 11.8 Å². The van der Waals surface area contributed by atoms with E-state index in [-0.39, 0.29) is 0 Å². The van der Waals surface area contributed by atoms with Crippen molar-refractivity contribution in [2.75, 3.05) is 13.2 Å². The van der Waals surface area contributed by atoms with Gasteiger partial charge in [-0.15, -0.1) is 0 Å². The second kappa shape index (κ2) is 8.28. The summed E-state index contributed by atoms with van der Waals surface area (Å²) in [6.07, 6.45) is -0.414. The molecule has 31 heavy (non-hydrogen) atoms. The Hall–Kier alpha value is -1.80. The maximum atomic E-state index is 13.4. The van der Waals surface area contributed by atoms with Gasteiger partial charge in [-0.2, -0.15) is 0 Å². The molecular weight excluding hydrogens is 400 g/mol. The van der Waals surface area contributed by atoms with Gasteiger partial charge in [0, 0.05) is 31.2 Å². The lowest BCUT2D eigenvalue weighted by molar-refractivity contribution is -0.311. The van der Waals surface area contributed by atoms with Gasteiger partial charge in [0.05, 0.1) is 13.2 Å². The van der Waals surface area contributed by atoms with E-state index in [0.29, 0.717) is 26.1 Å². The van der Waals surface area contributed by atoms with E-state index in [1.807, 2.05) is 44.2 Å². The number of benzene rings is 1. The molecule has 2 unspecified atom stereocenters. The minimum absolute atomic E-state index is 0.410. The predicted octanol–water partition coefficient (Wildman–Crippen LogP) is 3.53. The van der Waals surface area contributed by atoms with Crippen LogP contribution < -0.4 is 0 Å². The fraction of sp³-hybridized carbons (Fsp3) is 0.667. The summed E-state index contributed by atoms with van der Waals surface area (Å²) in [6.45, 7) is 11.6. The van der Waals surface area contributed by atoms with E-state index in [9.17, 15) is 14.7 Å². The summed E-state index contributed by atoms with van der Waals surface area (Å²) < 4.78 is 22.6. The van der Waals surface area contributed by atoms with Crippen molar-refractivity contribution in [3.63, 3.8) is 0 Å². The highest BCUT2D eigenvalue weighted by Gasteiger charge is 2.54. The number of rotatable bonds is 7. The Morgan fingerprint density at radius 1 is 1.10 bits per heavy atom. The standard InChI is InChI=1S/C24H34O7/c1-21(2,12-13-24(28-14-15-29-24)16-10-8-7-9-11-16)22(3,4)18(25)17-19(26)30-23(5,6)31-20(17)27/h7-11,17,19,26H,12-15H2,1-6H3. The maximum Gasteiger partial charge on any atom is 0.324 e. The molecule has 172 valence electrons. The van der Waals surface area contributed by atoms with Gasteiger partial charge in [0.25, 0.3) is 0 Å². The third kappa shape index (κ3) is 4.55. The summed E-state index contributed by atoms with van der Waals surface area (Å²) in [5.74, 6) is -4.68. The number of cyclic esters (lactones) is 1. The molecule has 0 amide bonds. The van der Waals surface area contributed by atoms with Crippen LogP contribution in [0.3, 0.4) is 0 Å². The van der Waals surface area contributed by atoms with Crippen molar-refractivity contribution in [3.05, 3.63) is 35.9 Å². The van der Waals surface area contributed by atoms with Crippen molar-refractivity contribution in [1.29, 1.82) is 0 Å². The normalized spacial score (nSPS) is 25.8. The molecule has 0 radical (unpaired) electrons. The van der Waals surface area contributed by atoms with Crippen molar-refractivity contribution in [3.8, 4) is 0 Å². The largest absolute Gasteiger partial charge is 0.433 e. The molecule has 0 saturated carbocycles. The SMILES string of the molecule is CC1(C)OC(=O)C(C(=O)C(C)(C)C(C)(C)CCC2(c3ccccc3)OCCO2)C(O)O1. The molecule has 7 heteroatoms. The van der Waals surface area contributed by atoms with Gasteiger partial charge in [-0.05, 0) is 11.8 Å². The zero-order valence-corrected chi connectivity index (χ0v) is 19.3. The Labute approximate surface area is 184 Å².